The Hall–Kier alpha value is -1.30. The third-order valence-corrected chi connectivity index (χ3v) is 4.54. The predicted molar refractivity (Wildman–Crippen MR) is 80.8 cm³/mol. The highest BCUT2D eigenvalue weighted by atomic mass is 16.5. The van der Waals surface area contributed by atoms with Gasteiger partial charge in [-0.1, -0.05) is 6.07 Å². The van der Waals surface area contributed by atoms with Crippen LogP contribution in [0.15, 0.2) is 18.2 Å². The lowest BCUT2D eigenvalue weighted by molar-refractivity contribution is -0.0523. The lowest BCUT2D eigenvalue weighted by atomic mass is 10.0. The van der Waals surface area contributed by atoms with E-state index in [1.165, 1.54) is 0 Å². The Morgan fingerprint density at radius 3 is 2.52 bits per heavy atom. The Balaban J connectivity index is 1.85. The van der Waals surface area contributed by atoms with Crippen molar-refractivity contribution in [3.05, 3.63) is 23.8 Å². The molecule has 3 rings (SSSR count). The number of benzene rings is 1. The zero-order valence-corrected chi connectivity index (χ0v) is 12.7. The van der Waals surface area contributed by atoms with Crippen LogP contribution in [0, 0.1) is 0 Å². The summed E-state index contributed by atoms with van der Waals surface area (Å²) in [6.45, 7) is 2.48. The van der Waals surface area contributed by atoms with Crippen LogP contribution in [0.1, 0.15) is 24.4 Å². The second-order valence-corrected chi connectivity index (χ2v) is 5.77. The summed E-state index contributed by atoms with van der Waals surface area (Å²) in [5.41, 5.74) is 7.20. The molecule has 0 radical (unpaired) electrons. The number of rotatable bonds is 5. The molecule has 1 aromatic rings. The van der Waals surface area contributed by atoms with E-state index in [4.69, 9.17) is 19.9 Å². The van der Waals surface area contributed by atoms with Crippen LogP contribution in [0.5, 0.6) is 11.5 Å². The van der Waals surface area contributed by atoms with E-state index in [9.17, 15) is 0 Å². The first-order valence-corrected chi connectivity index (χ1v) is 7.56. The van der Waals surface area contributed by atoms with Crippen molar-refractivity contribution >= 4 is 0 Å². The van der Waals surface area contributed by atoms with E-state index in [0.29, 0.717) is 18.8 Å². The molecule has 5 heteroatoms. The molecule has 0 spiro atoms. The van der Waals surface area contributed by atoms with E-state index in [2.05, 4.69) is 11.0 Å². The molecule has 21 heavy (non-hydrogen) atoms. The van der Waals surface area contributed by atoms with Crippen molar-refractivity contribution < 1.29 is 14.2 Å². The van der Waals surface area contributed by atoms with Gasteiger partial charge in [0.25, 0.3) is 0 Å². The summed E-state index contributed by atoms with van der Waals surface area (Å²) in [6.07, 6.45) is 3.06. The van der Waals surface area contributed by atoms with E-state index < -0.39 is 0 Å². The maximum atomic E-state index is 6.07. The van der Waals surface area contributed by atoms with E-state index in [0.717, 1.165) is 43.0 Å². The van der Waals surface area contributed by atoms with Crippen LogP contribution < -0.4 is 15.2 Å². The molecular weight excluding hydrogens is 268 g/mol. The Kier molecular flexibility index (Phi) is 4.33. The summed E-state index contributed by atoms with van der Waals surface area (Å²) in [7, 11) is 3.35. The van der Waals surface area contributed by atoms with Crippen molar-refractivity contribution in [3.63, 3.8) is 0 Å². The van der Waals surface area contributed by atoms with Crippen molar-refractivity contribution in [2.45, 2.75) is 31.1 Å². The Morgan fingerprint density at radius 1 is 1.24 bits per heavy atom. The van der Waals surface area contributed by atoms with Crippen molar-refractivity contribution in [2.24, 2.45) is 5.73 Å². The van der Waals surface area contributed by atoms with Crippen LogP contribution in [0.3, 0.4) is 0 Å². The van der Waals surface area contributed by atoms with Gasteiger partial charge in [0.2, 0.25) is 0 Å². The fourth-order valence-corrected chi connectivity index (χ4v) is 3.47. The molecule has 3 atom stereocenters. The minimum absolute atomic E-state index is 0.165. The molecule has 2 aliphatic rings. The maximum absolute atomic E-state index is 6.07. The highest BCUT2D eigenvalue weighted by Crippen LogP contribution is 2.36. The predicted octanol–water partition coefficient (Wildman–Crippen LogP) is 1.57. The summed E-state index contributed by atoms with van der Waals surface area (Å²) in [6, 6.07) is 6.12. The zero-order valence-electron chi connectivity index (χ0n) is 12.7. The van der Waals surface area contributed by atoms with Gasteiger partial charge in [0.1, 0.15) is 11.5 Å². The molecule has 2 N–H and O–H groups in total. The number of ether oxygens (including phenoxy) is 3. The third-order valence-electron chi connectivity index (χ3n) is 4.54. The molecule has 0 amide bonds. The molecule has 116 valence electrons. The van der Waals surface area contributed by atoms with Crippen LogP contribution >= 0.6 is 0 Å². The Morgan fingerprint density at radius 2 is 1.95 bits per heavy atom. The lowest BCUT2D eigenvalue weighted by Gasteiger charge is -2.38. The van der Waals surface area contributed by atoms with Crippen molar-refractivity contribution in [1.29, 1.82) is 0 Å². The molecule has 2 bridgehead atoms. The summed E-state index contributed by atoms with van der Waals surface area (Å²) in [4.78, 5) is 2.44. The van der Waals surface area contributed by atoms with Crippen LogP contribution in [0.2, 0.25) is 0 Å². The van der Waals surface area contributed by atoms with Crippen LogP contribution in [0.4, 0.5) is 0 Å². The molecule has 0 aliphatic carbocycles. The fourth-order valence-electron chi connectivity index (χ4n) is 3.47. The maximum Gasteiger partial charge on any atom is 0.127 e. The van der Waals surface area contributed by atoms with Crippen LogP contribution in [0.25, 0.3) is 0 Å². The minimum Gasteiger partial charge on any atom is -0.497 e. The van der Waals surface area contributed by atoms with Gasteiger partial charge < -0.3 is 19.9 Å². The minimum atomic E-state index is 0.165. The van der Waals surface area contributed by atoms with E-state index in [-0.39, 0.29) is 6.04 Å². The van der Waals surface area contributed by atoms with Gasteiger partial charge in [-0.25, -0.2) is 0 Å². The molecule has 2 aliphatic heterocycles. The largest absolute Gasteiger partial charge is 0.497 e. The van der Waals surface area contributed by atoms with Gasteiger partial charge in [-0.05, 0) is 18.9 Å². The number of hydrogen-bond acceptors (Lipinski definition) is 5. The zero-order chi connectivity index (χ0) is 14.8. The second kappa shape index (κ2) is 6.22. The molecule has 3 unspecified atom stereocenters. The van der Waals surface area contributed by atoms with E-state index >= 15 is 0 Å². The molecule has 0 saturated carbocycles. The van der Waals surface area contributed by atoms with Gasteiger partial charge in [-0.2, -0.15) is 0 Å². The van der Waals surface area contributed by atoms with Crippen molar-refractivity contribution in [2.75, 3.05) is 33.9 Å². The van der Waals surface area contributed by atoms with Gasteiger partial charge in [0.05, 0.1) is 32.5 Å². The summed E-state index contributed by atoms with van der Waals surface area (Å²) in [5, 5.41) is 0. The fraction of sp³-hybridized carbons (Fsp3) is 0.625. The molecular formula is C16H24N2O3. The molecule has 2 heterocycles. The average molecular weight is 292 g/mol. The van der Waals surface area contributed by atoms with E-state index in [1.807, 2.05) is 12.1 Å². The van der Waals surface area contributed by atoms with Crippen LogP contribution in [-0.2, 0) is 4.74 Å². The summed E-state index contributed by atoms with van der Waals surface area (Å²) < 4.78 is 16.7. The normalized spacial score (nSPS) is 26.6. The standard InChI is InChI=1S/C16H24N2O3/c1-19-11-5-6-14(16(7-11)20-2)15(8-17)18-9-12-3-4-13(10-18)21-12/h5-7,12-13,15H,3-4,8-10,17H2,1-2H3. The highest BCUT2D eigenvalue weighted by molar-refractivity contribution is 5.42. The second-order valence-electron chi connectivity index (χ2n) is 5.77. The van der Waals surface area contributed by atoms with Gasteiger partial charge in [0.15, 0.2) is 0 Å². The van der Waals surface area contributed by atoms with Gasteiger partial charge in [-0.15, -0.1) is 0 Å². The quantitative estimate of drug-likeness (QED) is 0.892. The smallest absolute Gasteiger partial charge is 0.127 e. The first kappa shape index (κ1) is 14.6. The lowest BCUT2D eigenvalue weighted by Crippen LogP contribution is -2.46. The van der Waals surface area contributed by atoms with Gasteiger partial charge in [-0.3, -0.25) is 4.90 Å². The number of methoxy groups -OCH3 is 2. The molecule has 2 saturated heterocycles. The molecule has 5 nitrogen and oxygen atoms in total. The topological polar surface area (TPSA) is 57.0 Å². The highest BCUT2D eigenvalue weighted by Gasteiger charge is 2.37. The number of hydrogen-bond donors (Lipinski definition) is 1. The first-order valence-electron chi connectivity index (χ1n) is 7.56. The van der Waals surface area contributed by atoms with Gasteiger partial charge >= 0.3 is 0 Å². The first-order chi connectivity index (χ1) is 10.2. The monoisotopic (exact) mass is 292 g/mol. The summed E-state index contributed by atoms with van der Waals surface area (Å²) >= 11 is 0. The number of morpholine rings is 1. The third kappa shape index (κ3) is 2.86. The Bertz CT molecular complexity index is 482. The molecule has 0 aromatic heterocycles. The van der Waals surface area contributed by atoms with Gasteiger partial charge in [0, 0.05) is 31.3 Å². The average Bonchev–Trinajstić information content (AvgIpc) is 2.86. The number of likely N-dealkylation sites (tertiary alicyclic amines) is 1. The van der Waals surface area contributed by atoms with E-state index in [1.54, 1.807) is 14.2 Å². The summed E-state index contributed by atoms with van der Waals surface area (Å²) in [5.74, 6) is 1.64. The number of nitrogens with zero attached hydrogens (tertiary/aromatic N) is 1. The molecule has 1 aromatic carbocycles. The van der Waals surface area contributed by atoms with Crippen molar-refractivity contribution in [3.8, 4) is 11.5 Å². The molecule has 2 fully saturated rings. The van der Waals surface area contributed by atoms with Crippen molar-refractivity contribution in [1.82, 2.24) is 4.90 Å². The number of fused-ring (bicyclic) bond motifs is 2. The SMILES string of the molecule is COc1ccc(C(CN)N2CC3CCC(C2)O3)c(OC)c1. The number of nitrogens with two attached hydrogens (primary N) is 1. The van der Waals surface area contributed by atoms with Crippen LogP contribution in [-0.4, -0.2) is 51.0 Å². The Labute approximate surface area is 126 Å².